The Morgan fingerprint density at radius 1 is 1.12 bits per heavy atom. The first kappa shape index (κ1) is 17.6. The molecule has 6 nitrogen and oxygen atoms in total. The monoisotopic (exact) mass is 351 g/mol. The first-order valence-electron chi connectivity index (χ1n) is 8.50. The van der Waals surface area contributed by atoms with Crippen molar-refractivity contribution in [3.05, 3.63) is 54.1 Å². The van der Waals surface area contributed by atoms with Crippen LogP contribution in [0.2, 0.25) is 0 Å². The van der Waals surface area contributed by atoms with Crippen molar-refractivity contribution in [3.8, 4) is 17.6 Å². The highest BCUT2D eigenvalue weighted by atomic mass is 16.5. The molecule has 1 aliphatic heterocycles. The number of carbonyl (C=O) groups excluding carboxylic acids is 1. The van der Waals surface area contributed by atoms with Crippen LogP contribution in [0.5, 0.6) is 11.5 Å². The zero-order valence-corrected chi connectivity index (χ0v) is 14.7. The third-order valence-electron chi connectivity index (χ3n) is 4.41. The predicted molar refractivity (Wildman–Crippen MR) is 98.4 cm³/mol. The quantitative estimate of drug-likeness (QED) is 0.827. The highest BCUT2D eigenvalue weighted by Crippen LogP contribution is 2.22. The van der Waals surface area contributed by atoms with Gasteiger partial charge in [-0.2, -0.15) is 5.26 Å². The summed E-state index contributed by atoms with van der Waals surface area (Å²) in [6.45, 7) is 2.73. The second kappa shape index (κ2) is 8.26. The molecule has 1 amide bonds. The van der Waals surface area contributed by atoms with Crippen molar-refractivity contribution in [3.63, 3.8) is 0 Å². The molecule has 1 saturated heterocycles. The van der Waals surface area contributed by atoms with E-state index in [2.05, 4.69) is 11.0 Å². The van der Waals surface area contributed by atoms with Crippen molar-refractivity contribution in [2.45, 2.75) is 0 Å². The molecule has 2 aromatic carbocycles. The minimum Gasteiger partial charge on any atom is -0.497 e. The number of nitriles is 1. The zero-order valence-electron chi connectivity index (χ0n) is 14.7. The molecule has 0 radical (unpaired) electrons. The average molecular weight is 351 g/mol. The van der Waals surface area contributed by atoms with Gasteiger partial charge in [-0.1, -0.05) is 18.2 Å². The highest BCUT2D eigenvalue weighted by molar-refractivity contribution is 5.78. The number of piperazine rings is 1. The summed E-state index contributed by atoms with van der Waals surface area (Å²) >= 11 is 0. The number of amides is 1. The van der Waals surface area contributed by atoms with E-state index >= 15 is 0 Å². The Labute approximate surface area is 153 Å². The summed E-state index contributed by atoms with van der Waals surface area (Å²) in [5.41, 5.74) is 1.53. The predicted octanol–water partition coefficient (Wildman–Crippen LogP) is 2.29. The Hall–Kier alpha value is -3.20. The minimum atomic E-state index is -0.0666. The molecule has 0 unspecified atom stereocenters. The second-order valence-electron chi connectivity index (χ2n) is 5.97. The Bertz CT molecular complexity index is 808. The van der Waals surface area contributed by atoms with Gasteiger partial charge in [-0.15, -0.1) is 0 Å². The number of ether oxygens (including phenoxy) is 2. The van der Waals surface area contributed by atoms with Gasteiger partial charge in [-0.05, 0) is 24.3 Å². The first-order valence-corrected chi connectivity index (χ1v) is 8.50. The fourth-order valence-electron chi connectivity index (χ4n) is 2.94. The molecule has 1 fully saturated rings. The molecule has 0 atom stereocenters. The van der Waals surface area contributed by atoms with Gasteiger partial charge in [-0.25, -0.2) is 0 Å². The van der Waals surface area contributed by atoms with E-state index in [0.717, 1.165) is 24.5 Å². The van der Waals surface area contributed by atoms with Gasteiger partial charge in [-0.3, -0.25) is 4.79 Å². The van der Waals surface area contributed by atoms with Gasteiger partial charge >= 0.3 is 0 Å². The van der Waals surface area contributed by atoms with Gasteiger partial charge < -0.3 is 19.3 Å². The molecule has 0 aliphatic carbocycles. The Morgan fingerprint density at radius 3 is 2.62 bits per heavy atom. The van der Waals surface area contributed by atoms with Crippen LogP contribution in [0, 0.1) is 11.3 Å². The Morgan fingerprint density at radius 2 is 1.88 bits per heavy atom. The molecule has 2 aromatic rings. The lowest BCUT2D eigenvalue weighted by atomic mass is 10.2. The molecule has 0 bridgehead atoms. The molecule has 26 heavy (non-hydrogen) atoms. The van der Waals surface area contributed by atoms with Crippen molar-refractivity contribution >= 4 is 11.6 Å². The van der Waals surface area contributed by atoms with Crippen LogP contribution in [0.15, 0.2) is 48.5 Å². The summed E-state index contributed by atoms with van der Waals surface area (Å²) < 4.78 is 10.8. The van der Waals surface area contributed by atoms with Gasteiger partial charge in [0.15, 0.2) is 6.61 Å². The van der Waals surface area contributed by atoms with E-state index in [1.54, 1.807) is 36.3 Å². The lowest BCUT2D eigenvalue weighted by molar-refractivity contribution is -0.133. The van der Waals surface area contributed by atoms with Crippen LogP contribution in [-0.4, -0.2) is 50.7 Å². The number of hydrogen-bond donors (Lipinski definition) is 0. The van der Waals surface area contributed by atoms with Crippen LogP contribution in [0.4, 0.5) is 5.69 Å². The van der Waals surface area contributed by atoms with Gasteiger partial charge in [0.1, 0.15) is 17.6 Å². The molecule has 1 heterocycles. The van der Waals surface area contributed by atoms with Crippen molar-refractivity contribution in [2.75, 3.05) is 44.8 Å². The van der Waals surface area contributed by atoms with E-state index in [1.807, 2.05) is 24.3 Å². The largest absolute Gasteiger partial charge is 0.497 e. The fourth-order valence-corrected chi connectivity index (χ4v) is 2.94. The number of carbonyl (C=O) groups is 1. The number of nitrogens with zero attached hydrogens (tertiary/aromatic N) is 3. The number of rotatable bonds is 5. The van der Waals surface area contributed by atoms with Gasteiger partial charge in [0.25, 0.3) is 5.91 Å². The number of hydrogen-bond acceptors (Lipinski definition) is 5. The topological polar surface area (TPSA) is 65.8 Å². The van der Waals surface area contributed by atoms with Crippen LogP contribution >= 0.6 is 0 Å². The molecule has 0 aromatic heterocycles. The first-order chi connectivity index (χ1) is 12.7. The molecule has 0 N–H and O–H groups in total. The van der Waals surface area contributed by atoms with Crippen LogP contribution in [0.1, 0.15) is 5.56 Å². The molecule has 0 saturated carbocycles. The molecule has 134 valence electrons. The molecular formula is C20H21N3O3. The maximum atomic E-state index is 12.4. The molecule has 0 spiro atoms. The maximum Gasteiger partial charge on any atom is 0.260 e. The summed E-state index contributed by atoms with van der Waals surface area (Å²) in [4.78, 5) is 16.4. The summed E-state index contributed by atoms with van der Waals surface area (Å²) in [5, 5.41) is 9.07. The standard InChI is InChI=1S/C20H21N3O3/c1-25-18-7-4-6-17(13-18)22-9-11-23(12-10-22)20(24)15-26-19-8-3-2-5-16(19)14-21/h2-8,13H,9-12,15H2,1H3. The van der Waals surface area contributed by atoms with Crippen LogP contribution < -0.4 is 14.4 Å². The number of anilines is 1. The van der Waals surface area contributed by atoms with E-state index < -0.39 is 0 Å². The summed E-state index contributed by atoms with van der Waals surface area (Å²) in [7, 11) is 1.65. The third kappa shape index (κ3) is 4.06. The van der Waals surface area contributed by atoms with E-state index in [1.165, 1.54) is 0 Å². The van der Waals surface area contributed by atoms with Crippen molar-refractivity contribution in [2.24, 2.45) is 0 Å². The Balaban J connectivity index is 1.53. The molecule has 3 rings (SSSR count). The van der Waals surface area contributed by atoms with Crippen LogP contribution in [0.25, 0.3) is 0 Å². The van der Waals surface area contributed by atoms with E-state index in [4.69, 9.17) is 14.7 Å². The second-order valence-corrected chi connectivity index (χ2v) is 5.97. The summed E-state index contributed by atoms with van der Waals surface area (Å²) in [6.07, 6.45) is 0. The van der Waals surface area contributed by atoms with Crippen LogP contribution in [0.3, 0.4) is 0 Å². The minimum absolute atomic E-state index is 0.0577. The lowest BCUT2D eigenvalue weighted by Crippen LogP contribution is -2.50. The normalized spacial score (nSPS) is 13.8. The fraction of sp³-hybridized carbons (Fsp3) is 0.300. The third-order valence-corrected chi connectivity index (χ3v) is 4.41. The van der Waals surface area contributed by atoms with Crippen molar-refractivity contribution in [1.82, 2.24) is 4.90 Å². The summed E-state index contributed by atoms with van der Waals surface area (Å²) in [6, 6.07) is 16.9. The Kier molecular flexibility index (Phi) is 5.59. The van der Waals surface area contributed by atoms with Gasteiger partial charge in [0, 0.05) is 37.9 Å². The average Bonchev–Trinajstić information content (AvgIpc) is 2.72. The number of methoxy groups -OCH3 is 1. The number of benzene rings is 2. The lowest BCUT2D eigenvalue weighted by Gasteiger charge is -2.36. The molecular weight excluding hydrogens is 330 g/mol. The van der Waals surface area contributed by atoms with Crippen molar-refractivity contribution < 1.29 is 14.3 Å². The smallest absolute Gasteiger partial charge is 0.260 e. The van der Waals surface area contributed by atoms with Crippen molar-refractivity contribution in [1.29, 1.82) is 5.26 Å². The molecule has 6 heteroatoms. The molecule has 1 aliphatic rings. The highest BCUT2D eigenvalue weighted by Gasteiger charge is 2.22. The summed E-state index contributed by atoms with van der Waals surface area (Å²) in [5.74, 6) is 1.20. The van der Waals surface area contributed by atoms with Gasteiger partial charge in [0.05, 0.1) is 12.7 Å². The van der Waals surface area contributed by atoms with E-state index in [9.17, 15) is 4.79 Å². The SMILES string of the molecule is COc1cccc(N2CCN(C(=O)COc3ccccc3C#N)CC2)c1. The van der Waals surface area contributed by atoms with Gasteiger partial charge in [0.2, 0.25) is 0 Å². The zero-order chi connectivity index (χ0) is 18.4. The van der Waals surface area contributed by atoms with Crippen LogP contribution in [-0.2, 0) is 4.79 Å². The number of para-hydroxylation sites is 1. The maximum absolute atomic E-state index is 12.4. The van der Waals surface area contributed by atoms with E-state index in [0.29, 0.717) is 24.4 Å². The van der Waals surface area contributed by atoms with E-state index in [-0.39, 0.29) is 12.5 Å².